The number of imidazole rings is 1. The molecule has 2 aromatic rings. The van der Waals surface area contributed by atoms with Gasteiger partial charge in [0.1, 0.15) is 11.3 Å². The summed E-state index contributed by atoms with van der Waals surface area (Å²) >= 11 is 2.09. The quantitative estimate of drug-likeness (QED) is 0.865. The summed E-state index contributed by atoms with van der Waals surface area (Å²) in [6.45, 7) is 5.74. The van der Waals surface area contributed by atoms with Gasteiger partial charge in [0, 0.05) is 19.3 Å². The predicted molar refractivity (Wildman–Crippen MR) is 92.3 cm³/mol. The molecule has 0 radical (unpaired) electrons. The molecule has 4 nitrogen and oxygen atoms in total. The average Bonchev–Trinajstić information content (AvgIpc) is 3.19. The average molecular weight is 316 g/mol. The lowest BCUT2D eigenvalue weighted by atomic mass is 10.1. The lowest BCUT2D eigenvalue weighted by molar-refractivity contribution is 0.340. The molecule has 22 heavy (non-hydrogen) atoms. The van der Waals surface area contributed by atoms with E-state index in [-0.39, 0.29) is 0 Å². The number of nitrogens with zero attached hydrogens (tertiary/aromatic N) is 4. The van der Waals surface area contributed by atoms with Crippen LogP contribution >= 0.6 is 11.8 Å². The van der Waals surface area contributed by atoms with E-state index < -0.39 is 0 Å². The molecule has 0 spiro atoms. The van der Waals surface area contributed by atoms with Crippen molar-refractivity contribution >= 4 is 22.9 Å². The second kappa shape index (κ2) is 6.20. The third kappa shape index (κ3) is 2.54. The highest BCUT2D eigenvalue weighted by Crippen LogP contribution is 2.40. The maximum atomic E-state index is 4.99. The van der Waals surface area contributed by atoms with Crippen molar-refractivity contribution in [2.45, 2.75) is 43.9 Å². The molecule has 0 saturated carbocycles. The van der Waals surface area contributed by atoms with Gasteiger partial charge in [0.25, 0.3) is 0 Å². The predicted octanol–water partition coefficient (Wildman–Crippen LogP) is 3.66. The van der Waals surface area contributed by atoms with Crippen LogP contribution in [0.2, 0.25) is 0 Å². The standard InChI is InChI=1S/C17H24N4S/c1-2-20-10-8-13(12-20)21-16-14(6-5-9-18-16)19-17(21)15-7-3-4-11-22-15/h5-6,9,13,15H,2-4,7-8,10-12H2,1H3. The van der Waals surface area contributed by atoms with Crippen LogP contribution in [0.1, 0.15) is 49.7 Å². The fraction of sp³-hybridized carbons (Fsp3) is 0.647. The van der Waals surface area contributed by atoms with Crippen LogP contribution in [-0.4, -0.2) is 44.8 Å². The zero-order chi connectivity index (χ0) is 14.9. The Morgan fingerprint density at radius 1 is 1.32 bits per heavy atom. The van der Waals surface area contributed by atoms with Crippen LogP contribution < -0.4 is 0 Å². The van der Waals surface area contributed by atoms with Crippen molar-refractivity contribution in [3.8, 4) is 0 Å². The number of fused-ring (bicyclic) bond motifs is 1. The summed E-state index contributed by atoms with van der Waals surface area (Å²) < 4.78 is 2.48. The smallest absolute Gasteiger partial charge is 0.160 e. The van der Waals surface area contributed by atoms with Gasteiger partial charge in [-0.05, 0) is 43.7 Å². The first-order valence-electron chi connectivity index (χ1n) is 8.53. The molecule has 0 amide bonds. The van der Waals surface area contributed by atoms with E-state index in [9.17, 15) is 0 Å². The van der Waals surface area contributed by atoms with Crippen LogP contribution in [0.3, 0.4) is 0 Å². The SMILES string of the molecule is CCN1CCC(n2c(C3CCCCS3)nc3cccnc32)C1. The Kier molecular flexibility index (Phi) is 4.09. The van der Waals surface area contributed by atoms with E-state index in [2.05, 4.69) is 39.2 Å². The molecule has 4 heterocycles. The molecule has 118 valence electrons. The highest BCUT2D eigenvalue weighted by molar-refractivity contribution is 7.99. The van der Waals surface area contributed by atoms with Gasteiger partial charge in [0.2, 0.25) is 0 Å². The summed E-state index contributed by atoms with van der Waals surface area (Å²) in [6.07, 6.45) is 7.08. The number of thioether (sulfide) groups is 1. The molecule has 2 aromatic heterocycles. The molecule has 2 aliphatic heterocycles. The van der Waals surface area contributed by atoms with Crippen molar-refractivity contribution in [2.24, 2.45) is 0 Å². The summed E-state index contributed by atoms with van der Waals surface area (Å²) in [5.74, 6) is 2.55. The summed E-state index contributed by atoms with van der Waals surface area (Å²) in [5.41, 5.74) is 2.16. The normalized spacial score (nSPS) is 26.8. The lowest BCUT2D eigenvalue weighted by Gasteiger charge is -2.24. The Balaban J connectivity index is 1.76. The molecule has 2 unspecified atom stereocenters. The van der Waals surface area contributed by atoms with Crippen molar-refractivity contribution < 1.29 is 0 Å². The minimum atomic E-state index is 0.539. The number of pyridine rings is 1. The third-order valence-electron chi connectivity index (χ3n) is 5.00. The molecule has 0 aromatic carbocycles. The van der Waals surface area contributed by atoms with E-state index in [1.165, 1.54) is 43.8 Å². The minimum absolute atomic E-state index is 0.539. The molecular weight excluding hydrogens is 292 g/mol. The Morgan fingerprint density at radius 2 is 2.27 bits per heavy atom. The van der Waals surface area contributed by atoms with E-state index in [0.717, 1.165) is 24.3 Å². The number of likely N-dealkylation sites (N-methyl/N-ethyl adjacent to an activating group) is 1. The van der Waals surface area contributed by atoms with E-state index in [1.807, 2.05) is 12.3 Å². The molecular formula is C17H24N4S. The van der Waals surface area contributed by atoms with E-state index in [0.29, 0.717) is 11.3 Å². The van der Waals surface area contributed by atoms with Crippen LogP contribution in [0, 0.1) is 0 Å². The Bertz CT molecular complexity index is 647. The zero-order valence-corrected chi connectivity index (χ0v) is 14.1. The zero-order valence-electron chi connectivity index (χ0n) is 13.2. The molecule has 5 heteroatoms. The Labute approximate surface area is 136 Å². The van der Waals surface area contributed by atoms with Gasteiger partial charge in [-0.3, -0.25) is 0 Å². The highest BCUT2D eigenvalue weighted by Gasteiger charge is 2.30. The monoisotopic (exact) mass is 316 g/mol. The first kappa shape index (κ1) is 14.5. The summed E-state index contributed by atoms with van der Waals surface area (Å²) in [6, 6.07) is 4.66. The van der Waals surface area contributed by atoms with Crippen molar-refractivity contribution in [3.63, 3.8) is 0 Å². The number of aromatic nitrogens is 3. The van der Waals surface area contributed by atoms with Gasteiger partial charge in [-0.1, -0.05) is 13.3 Å². The topological polar surface area (TPSA) is 34.0 Å². The molecule has 4 rings (SSSR count). The third-order valence-corrected chi connectivity index (χ3v) is 6.38. The van der Waals surface area contributed by atoms with Crippen LogP contribution in [0.5, 0.6) is 0 Å². The van der Waals surface area contributed by atoms with Crippen molar-refractivity contribution in [1.82, 2.24) is 19.4 Å². The maximum Gasteiger partial charge on any atom is 0.160 e. The molecule has 2 atom stereocenters. The van der Waals surface area contributed by atoms with Crippen LogP contribution in [-0.2, 0) is 0 Å². The maximum absolute atomic E-state index is 4.99. The van der Waals surface area contributed by atoms with E-state index >= 15 is 0 Å². The first-order chi connectivity index (χ1) is 10.9. The summed E-state index contributed by atoms with van der Waals surface area (Å²) in [7, 11) is 0. The Morgan fingerprint density at radius 3 is 3.05 bits per heavy atom. The van der Waals surface area contributed by atoms with Crippen LogP contribution in [0.15, 0.2) is 18.3 Å². The van der Waals surface area contributed by atoms with Gasteiger partial charge in [0.05, 0.1) is 11.3 Å². The fourth-order valence-electron chi connectivity index (χ4n) is 3.79. The number of hydrogen-bond donors (Lipinski definition) is 0. The lowest BCUT2D eigenvalue weighted by Crippen LogP contribution is -2.22. The van der Waals surface area contributed by atoms with Gasteiger partial charge in [-0.25, -0.2) is 9.97 Å². The van der Waals surface area contributed by atoms with Crippen molar-refractivity contribution in [2.75, 3.05) is 25.4 Å². The minimum Gasteiger partial charge on any atom is -0.307 e. The highest BCUT2D eigenvalue weighted by atomic mass is 32.2. The largest absolute Gasteiger partial charge is 0.307 e. The fourth-order valence-corrected chi connectivity index (χ4v) is 5.09. The second-order valence-corrected chi connectivity index (χ2v) is 7.69. The summed E-state index contributed by atoms with van der Waals surface area (Å²) in [5, 5.41) is 0.554. The molecule has 2 saturated heterocycles. The molecule has 0 N–H and O–H groups in total. The Hall–Kier alpha value is -1.07. The van der Waals surface area contributed by atoms with Crippen LogP contribution in [0.25, 0.3) is 11.2 Å². The van der Waals surface area contributed by atoms with Gasteiger partial charge in [-0.2, -0.15) is 11.8 Å². The van der Waals surface area contributed by atoms with Crippen molar-refractivity contribution in [1.29, 1.82) is 0 Å². The first-order valence-corrected chi connectivity index (χ1v) is 9.58. The second-order valence-electron chi connectivity index (χ2n) is 6.38. The molecule has 2 aliphatic rings. The van der Waals surface area contributed by atoms with Gasteiger partial charge in [0.15, 0.2) is 5.65 Å². The van der Waals surface area contributed by atoms with Gasteiger partial charge >= 0.3 is 0 Å². The van der Waals surface area contributed by atoms with Gasteiger partial charge in [-0.15, -0.1) is 0 Å². The van der Waals surface area contributed by atoms with Gasteiger partial charge < -0.3 is 9.47 Å². The number of rotatable bonds is 3. The van der Waals surface area contributed by atoms with E-state index in [1.54, 1.807) is 0 Å². The number of likely N-dealkylation sites (tertiary alicyclic amines) is 1. The van der Waals surface area contributed by atoms with Crippen molar-refractivity contribution in [3.05, 3.63) is 24.2 Å². The number of hydrogen-bond acceptors (Lipinski definition) is 4. The molecule has 0 aliphatic carbocycles. The van der Waals surface area contributed by atoms with E-state index in [4.69, 9.17) is 4.98 Å². The van der Waals surface area contributed by atoms with Crippen LogP contribution in [0.4, 0.5) is 0 Å². The molecule has 0 bridgehead atoms. The summed E-state index contributed by atoms with van der Waals surface area (Å²) in [4.78, 5) is 12.2. The molecule has 2 fully saturated rings.